The lowest BCUT2D eigenvalue weighted by atomic mass is 10.6. The van der Waals surface area contributed by atoms with E-state index >= 15 is 0 Å². The van der Waals surface area contributed by atoms with Gasteiger partial charge in [-0.15, -0.1) is 5.10 Å². The van der Waals surface area contributed by atoms with Gasteiger partial charge in [-0.05, 0) is 11.6 Å². The molecule has 0 aliphatic heterocycles. The van der Waals surface area contributed by atoms with E-state index in [0.29, 0.717) is 0 Å². The van der Waals surface area contributed by atoms with Gasteiger partial charge in [0.15, 0.2) is 0 Å². The Morgan fingerprint density at radius 1 is 1.78 bits per heavy atom. The number of H-pyrrole nitrogens is 1. The quantitative estimate of drug-likeness (QED) is 0.563. The fourth-order valence-electron chi connectivity index (χ4n) is 0.352. The van der Waals surface area contributed by atoms with E-state index in [1.54, 1.807) is 0 Å². The molecule has 0 saturated heterocycles. The molecule has 3 N–H and O–H groups in total. The van der Waals surface area contributed by atoms with Crippen LogP contribution in [-0.2, 0) is 0 Å². The predicted molar refractivity (Wildman–Crippen MR) is 29.9 cm³/mol. The molecule has 1 rings (SSSR count). The summed E-state index contributed by atoms with van der Waals surface area (Å²) < 4.78 is 0. The lowest BCUT2D eigenvalue weighted by Gasteiger charge is -1.77. The van der Waals surface area contributed by atoms with E-state index < -0.39 is 5.91 Å². The Bertz CT molecular complexity index is 231. The molecule has 48 valence electrons. The van der Waals surface area contributed by atoms with Crippen LogP contribution in [0.4, 0.5) is 0 Å². The highest BCUT2D eigenvalue weighted by Gasteiger charge is 2.04. The Morgan fingerprint density at radius 2 is 2.44 bits per heavy atom. The SMILES string of the molecule is NC(=O)c1n[nH]c(Cl)n1. The standard InChI is InChI=1S/C3H3ClN4O/c4-3-6-2(1(5)9)7-8-3/h(H2,5,9)(H,6,7,8). The molecule has 1 aromatic rings. The lowest BCUT2D eigenvalue weighted by molar-refractivity contribution is 0.0991. The highest BCUT2D eigenvalue weighted by molar-refractivity contribution is 6.28. The second-order valence-electron chi connectivity index (χ2n) is 1.31. The van der Waals surface area contributed by atoms with Crippen molar-refractivity contribution in [3.63, 3.8) is 0 Å². The molecule has 0 fully saturated rings. The number of rotatable bonds is 1. The number of nitrogens with zero attached hydrogens (tertiary/aromatic N) is 2. The van der Waals surface area contributed by atoms with Crippen molar-refractivity contribution in [1.29, 1.82) is 0 Å². The van der Waals surface area contributed by atoms with Crippen LogP contribution in [0.1, 0.15) is 10.6 Å². The summed E-state index contributed by atoms with van der Waals surface area (Å²) in [4.78, 5) is 13.7. The fraction of sp³-hybridized carbons (Fsp3) is 0. The van der Waals surface area contributed by atoms with Gasteiger partial charge in [0.1, 0.15) is 0 Å². The van der Waals surface area contributed by atoms with E-state index in [1.807, 2.05) is 0 Å². The zero-order valence-electron chi connectivity index (χ0n) is 4.26. The van der Waals surface area contributed by atoms with Crippen molar-refractivity contribution < 1.29 is 4.79 Å². The van der Waals surface area contributed by atoms with Crippen LogP contribution in [0.15, 0.2) is 0 Å². The number of nitrogens with one attached hydrogen (secondary N) is 1. The van der Waals surface area contributed by atoms with Crippen molar-refractivity contribution in [1.82, 2.24) is 15.2 Å². The first-order chi connectivity index (χ1) is 4.20. The van der Waals surface area contributed by atoms with Crippen LogP contribution in [0.25, 0.3) is 0 Å². The Balaban J connectivity index is 2.98. The number of carbonyl (C=O) groups excluding carboxylic acids is 1. The molecule has 0 atom stereocenters. The zero-order valence-corrected chi connectivity index (χ0v) is 5.01. The summed E-state index contributed by atoms with van der Waals surface area (Å²) in [6.07, 6.45) is 0. The minimum atomic E-state index is -0.696. The minimum Gasteiger partial charge on any atom is -0.363 e. The average Bonchev–Trinajstić information content (AvgIpc) is 2.14. The molecular weight excluding hydrogens is 144 g/mol. The van der Waals surface area contributed by atoms with Crippen molar-refractivity contribution in [2.24, 2.45) is 5.73 Å². The maximum absolute atomic E-state index is 10.2. The second kappa shape index (κ2) is 2.02. The van der Waals surface area contributed by atoms with Gasteiger partial charge in [-0.3, -0.25) is 4.79 Å². The van der Waals surface area contributed by atoms with Gasteiger partial charge in [0.25, 0.3) is 5.91 Å². The first-order valence-corrected chi connectivity index (χ1v) is 2.45. The number of hydrogen-bond acceptors (Lipinski definition) is 3. The van der Waals surface area contributed by atoms with Gasteiger partial charge in [-0.25, -0.2) is 5.10 Å². The minimum absolute atomic E-state index is 0.0591. The second-order valence-corrected chi connectivity index (χ2v) is 1.67. The fourth-order valence-corrected chi connectivity index (χ4v) is 0.475. The third-order valence-corrected chi connectivity index (χ3v) is 0.848. The van der Waals surface area contributed by atoms with Crippen LogP contribution in [0.3, 0.4) is 0 Å². The van der Waals surface area contributed by atoms with Crippen molar-refractivity contribution in [3.8, 4) is 0 Å². The number of primary amides is 1. The third-order valence-electron chi connectivity index (χ3n) is 0.679. The van der Waals surface area contributed by atoms with Gasteiger partial charge in [-0.2, -0.15) is 4.98 Å². The largest absolute Gasteiger partial charge is 0.363 e. The predicted octanol–water partition coefficient (Wildman–Crippen LogP) is -0.443. The molecule has 1 aromatic heterocycles. The van der Waals surface area contributed by atoms with Gasteiger partial charge in [-0.1, -0.05) is 0 Å². The summed E-state index contributed by atoms with van der Waals surface area (Å²) in [6, 6.07) is 0. The molecule has 0 spiro atoms. The van der Waals surface area contributed by atoms with E-state index in [1.165, 1.54) is 0 Å². The first-order valence-electron chi connectivity index (χ1n) is 2.08. The summed E-state index contributed by atoms with van der Waals surface area (Å²) in [5.41, 5.74) is 4.78. The van der Waals surface area contributed by atoms with E-state index in [4.69, 9.17) is 17.3 Å². The molecule has 9 heavy (non-hydrogen) atoms. The van der Waals surface area contributed by atoms with Crippen molar-refractivity contribution in [3.05, 3.63) is 11.1 Å². The van der Waals surface area contributed by atoms with Crippen molar-refractivity contribution in [2.75, 3.05) is 0 Å². The van der Waals surface area contributed by atoms with Crippen molar-refractivity contribution >= 4 is 17.5 Å². The average molecular weight is 147 g/mol. The zero-order chi connectivity index (χ0) is 6.85. The van der Waals surface area contributed by atoms with Gasteiger partial charge in [0.2, 0.25) is 11.1 Å². The van der Waals surface area contributed by atoms with Gasteiger partial charge in [0, 0.05) is 0 Å². The summed E-state index contributed by atoms with van der Waals surface area (Å²) in [5.74, 6) is -0.793. The Labute approximate surface area is 55.2 Å². The summed E-state index contributed by atoms with van der Waals surface area (Å²) in [6.45, 7) is 0. The van der Waals surface area contributed by atoms with Crippen LogP contribution in [0.5, 0.6) is 0 Å². The molecule has 0 saturated carbocycles. The smallest absolute Gasteiger partial charge is 0.288 e. The lowest BCUT2D eigenvalue weighted by Crippen LogP contribution is -2.12. The number of amides is 1. The molecular formula is C3H3ClN4O. The number of aromatic nitrogens is 3. The first kappa shape index (κ1) is 6.03. The molecule has 1 heterocycles. The molecule has 1 amide bonds. The number of aromatic amines is 1. The molecule has 0 bridgehead atoms. The molecule has 0 radical (unpaired) electrons. The molecule has 0 aliphatic rings. The Morgan fingerprint density at radius 3 is 2.67 bits per heavy atom. The van der Waals surface area contributed by atoms with E-state index in [9.17, 15) is 4.79 Å². The molecule has 6 heteroatoms. The number of nitrogens with two attached hydrogens (primary N) is 1. The molecule has 0 aliphatic carbocycles. The van der Waals surface area contributed by atoms with Crippen LogP contribution in [-0.4, -0.2) is 21.1 Å². The maximum atomic E-state index is 10.2. The van der Waals surface area contributed by atoms with Gasteiger partial charge >= 0.3 is 0 Å². The molecule has 0 aromatic carbocycles. The van der Waals surface area contributed by atoms with Crippen LogP contribution >= 0.6 is 11.6 Å². The van der Waals surface area contributed by atoms with Gasteiger partial charge < -0.3 is 5.73 Å². The van der Waals surface area contributed by atoms with Crippen LogP contribution in [0.2, 0.25) is 5.28 Å². The van der Waals surface area contributed by atoms with E-state index in [0.717, 1.165) is 0 Å². The van der Waals surface area contributed by atoms with Crippen molar-refractivity contribution in [2.45, 2.75) is 0 Å². The van der Waals surface area contributed by atoms with Gasteiger partial charge in [0.05, 0.1) is 0 Å². The maximum Gasteiger partial charge on any atom is 0.288 e. The van der Waals surface area contributed by atoms with E-state index in [-0.39, 0.29) is 11.1 Å². The topological polar surface area (TPSA) is 84.7 Å². The number of carbonyl (C=O) groups is 1. The number of hydrogen-bond donors (Lipinski definition) is 2. The number of halogens is 1. The summed E-state index contributed by atoms with van der Waals surface area (Å²) in [5, 5.41) is 5.69. The highest BCUT2D eigenvalue weighted by atomic mass is 35.5. The van der Waals surface area contributed by atoms with E-state index in [2.05, 4.69) is 15.2 Å². The highest BCUT2D eigenvalue weighted by Crippen LogP contribution is 1.96. The summed E-state index contributed by atoms with van der Waals surface area (Å²) >= 11 is 5.27. The van der Waals surface area contributed by atoms with Crippen LogP contribution in [0, 0.1) is 0 Å². The Kier molecular flexibility index (Phi) is 1.35. The Hall–Kier alpha value is -1.10. The summed E-state index contributed by atoms with van der Waals surface area (Å²) in [7, 11) is 0. The normalized spacial score (nSPS) is 9.44. The van der Waals surface area contributed by atoms with Crippen LogP contribution < -0.4 is 5.73 Å². The molecule has 0 unspecified atom stereocenters. The molecule has 5 nitrogen and oxygen atoms in total. The monoisotopic (exact) mass is 146 g/mol. The third kappa shape index (κ3) is 1.17.